The van der Waals surface area contributed by atoms with E-state index in [9.17, 15) is 4.79 Å². The average Bonchev–Trinajstić information content (AvgIpc) is 2.77. The lowest BCUT2D eigenvalue weighted by atomic mass is 10.0. The Kier molecular flexibility index (Phi) is 4.45. The molecule has 1 heterocycles. The van der Waals surface area contributed by atoms with Crippen molar-refractivity contribution in [2.75, 3.05) is 0 Å². The van der Waals surface area contributed by atoms with Crippen molar-refractivity contribution in [1.82, 2.24) is 4.57 Å². The van der Waals surface area contributed by atoms with Crippen molar-refractivity contribution < 1.29 is 0 Å². The highest BCUT2D eigenvalue weighted by Crippen LogP contribution is 2.24. The standard InChI is InChI=1S/C27H21NO/c29-27-25(15-20-9-3-1-4-10-20)17-24-16-22-13-7-8-14-23(22)18-26(24)28(27)19-21-11-5-2-6-12-21/h1-14,16-18H,15,19H2. The van der Waals surface area contributed by atoms with Crippen LogP contribution in [0.5, 0.6) is 0 Å². The zero-order chi connectivity index (χ0) is 19.6. The summed E-state index contributed by atoms with van der Waals surface area (Å²) in [7, 11) is 0. The third-order valence-corrected chi connectivity index (χ3v) is 5.46. The quantitative estimate of drug-likeness (QED) is 0.364. The Balaban J connectivity index is 1.74. The van der Waals surface area contributed by atoms with Gasteiger partial charge in [-0.05, 0) is 45.5 Å². The monoisotopic (exact) mass is 375 g/mol. The Morgan fingerprint density at radius 3 is 1.86 bits per heavy atom. The third kappa shape index (κ3) is 3.45. The maximum Gasteiger partial charge on any atom is 0.254 e. The zero-order valence-corrected chi connectivity index (χ0v) is 16.1. The topological polar surface area (TPSA) is 22.0 Å². The second kappa shape index (κ2) is 7.40. The minimum absolute atomic E-state index is 0.0838. The SMILES string of the molecule is O=c1c(Cc2ccccc2)cc2cc3ccccc3cc2n1Cc1ccccc1. The van der Waals surface area contributed by atoms with E-state index >= 15 is 0 Å². The van der Waals surface area contributed by atoms with Gasteiger partial charge in [-0.15, -0.1) is 0 Å². The van der Waals surface area contributed by atoms with Crippen molar-refractivity contribution in [1.29, 1.82) is 0 Å². The molecular formula is C27H21NO. The third-order valence-electron chi connectivity index (χ3n) is 5.46. The fraction of sp³-hybridized carbons (Fsp3) is 0.0741. The lowest BCUT2D eigenvalue weighted by Crippen LogP contribution is -2.25. The predicted molar refractivity (Wildman–Crippen MR) is 121 cm³/mol. The highest BCUT2D eigenvalue weighted by Gasteiger charge is 2.12. The molecule has 0 aliphatic rings. The van der Waals surface area contributed by atoms with Gasteiger partial charge in [-0.2, -0.15) is 0 Å². The van der Waals surface area contributed by atoms with Crippen molar-refractivity contribution in [3.63, 3.8) is 0 Å². The van der Waals surface area contributed by atoms with Crippen LogP contribution in [0.3, 0.4) is 0 Å². The molecule has 0 saturated heterocycles. The normalized spacial score (nSPS) is 11.2. The Labute approximate surface area is 169 Å². The van der Waals surface area contributed by atoms with E-state index < -0.39 is 0 Å². The first-order chi connectivity index (χ1) is 14.3. The van der Waals surface area contributed by atoms with Gasteiger partial charge in [0.25, 0.3) is 5.56 Å². The molecule has 2 nitrogen and oxygen atoms in total. The molecule has 0 N–H and O–H groups in total. The molecule has 0 bridgehead atoms. The molecule has 2 heteroatoms. The Hall–Kier alpha value is -3.65. The van der Waals surface area contributed by atoms with Crippen molar-refractivity contribution in [2.45, 2.75) is 13.0 Å². The number of rotatable bonds is 4. The number of aromatic nitrogens is 1. The molecule has 0 aliphatic carbocycles. The van der Waals surface area contributed by atoms with Gasteiger partial charge < -0.3 is 4.57 Å². The molecule has 0 radical (unpaired) electrons. The van der Waals surface area contributed by atoms with Crippen LogP contribution in [0, 0.1) is 0 Å². The lowest BCUT2D eigenvalue weighted by molar-refractivity contribution is 0.783. The summed E-state index contributed by atoms with van der Waals surface area (Å²) in [5.74, 6) is 0. The molecule has 0 amide bonds. The molecular weight excluding hydrogens is 354 g/mol. The molecule has 1 aromatic heterocycles. The van der Waals surface area contributed by atoms with Crippen LogP contribution >= 0.6 is 0 Å². The number of pyridine rings is 1. The van der Waals surface area contributed by atoms with Gasteiger partial charge in [-0.25, -0.2) is 0 Å². The van der Waals surface area contributed by atoms with E-state index in [4.69, 9.17) is 0 Å². The maximum atomic E-state index is 13.5. The Morgan fingerprint density at radius 2 is 1.17 bits per heavy atom. The van der Waals surface area contributed by atoms with Crippen LogP contribution in [-0.2, 0) is 13.0 Å². The summed E-state index contributed by atoms with van der Waals surface area (Å²) in [5.41, 5.74) is 4.17. The first kappa shape index (κ1) is 17.4. The van der Waals surface area contributed by atoms with Gasteiger partial charge in [0.1, 0.15) is 0 Å². The van der Waals surface area contributed by atoms with Gasteiger partial charge >= 0.3 is 0 Å². The van der Waals surface area contributed by atoms with Crippen molar-refractivity contribution >= 4 is 21.7 Å². The minimum Gasteiger partial charge on any atom is -0.304 e. The summed E-state index contributed by atoms with van der Waals surface area (Å²) in [6.45, 7) is 0.567. The molecule has 0 saturated carbocycles. The molecule has 0 unspecified atom stereocenters. The van der Waals surface area contributed by atoms with Gasteiger partial charge in [0.15, 0.2) is 0 Å². The fourth-order valence-corrected chi connectivity index (χ4v) is 3.99. The van der Waals surface area contributed by atoms with Crippen LogP contribution in [0.1, 0.15) is 16.7 Å². The predicted octanol–water partition coefficient (Wildman–Crippen LogP) is 5.79. The number of nitrogens with zero attached hydrogens (tertiary/aromatic N) is 1. The highest BCUT2D eigenvalue weighted by atomic mass is 16.1. The van der Waals surface area contributed by atoms with Crippen LogP contribution in [0.2, 0.25) is 0 Å². The van der Waals surface area contributed by atoms with E-state index in [1.54, 1.807) is 0 Å². The van der Waals surface area contributed by atoms with Crippen LogP contribution in [-0.4, -0.2) is 4.57 Å². The van der Waals surface area contributed by atoms with Crippen molar-refractivity contribution in [2.24, 2.45) is 0 Å². The average molecular weight is 375 g/mol. The van der Waals surface area contributed by atoms with Crippen molar-refractivity contribution in [3.05, 3.63) is 130 Å². The number of benzene rings is 4. The van der Waals surface area contributed by atoms with Gasteiger partial charge in [0, 0.05) is 12.0 Å². The largest absolute Gasteiger partial charge is 0.304 e. The second-order valence-corrected chi connectivity index (χ2v) is 7.47. The van der Waals surface area contributed by atoms with Crippen LogP contribution in [0.25, 0.3) is 21.7 Å². The smallest absolute Gasteiger partial charge is 0.254 e. The van der Waals surface area contributed by atoms with Gasteiger partial charge in [-0.1, -0.05) is 84.9 Å². The molecule has 0 aliphatic heterocycles. The maximum absolute atomic E-state index is 13.5. The van der Waals surface area contributed by atoms with Crippen LogP contribution in [0.15, 0.2) is 108 Å². The number of hydrogen-bond acceptors (Lipinski definition) is 1. The first-order valence-electron chi connectivity index (χ1n) is 9.91. The molecule has 0 atom stereocenters. The molecule has 29 heavy (non-hydrogen) atoms. The van der Waals surface area contributed by atoms with E-state index in [1.807, 2.05) is 47.0 Å². The summed E-state index contributed by atoms with van der Waals surface area (Å²) in [6.07, 6.45) is 0.636. The summed E-state index contributed by atoms with van der Waals surface area (Å²) in [4.78, 5) is 13.5. The van der Waals surface area contributed by atoms with E-state index in [1.165, 1.54) is 5.39 Å². The summed E-state index contributed by atoms with van der Waals surface area (Å²) >= 11 is 0. The minimum atomic E-state index is 0.0838. The van der Waals surface area contributed by atoms with Gasteiger partial charge in [0.2, 0.25) is 0 Å². The summed E-state index contributed by atoms with van der Waals surface area (Å²) in [6, 6.07) is 35.1. The lowest BCUT2D eigenvalue weighted by Gasteiger charge is -2.14. The van der Waals surface area contributed by atoms with E-state index in [-0.39, 0.29) is 5.56 Å². The fourth-order valence-electron chi connectivity index (χ4n) is 3.99. The molecule has 0 spiro atoms. The van der Waals surface area contributed by atoms with Crippen molar-refractivity contribution in [3.8, 4) is 0 Å². The van der Waals surface area contributed by atoms with E-state index in [0.717, 1.165) is 33.0 Å². The number of fused-ring (bicyclic) bond motifs is 2. The Bertz CT molecular complexity index is 1350. The molecule has 0 fully saturated rings. The molecule has 4 aromatic carbocycles. The van der Waals surface area contributed by atoms with Gasteiger partial charge in [0.05, 0.1) is 12.1 Å². The van der Waals surface area contributed by atoms with Gasteiger partial charge in [-0.3, -0.25) is 4.79 Å². The van der Waals surface area contributed by atoms with Crippen LogP contribution < -0.4 is 5.56 Å². The molecule has 140 valence electrons. The van der Waals surface area contributed by atoms with E-state index in [0.29, 0.717) is 13.0 Å². The molecule has 5 rings (SSSR count). The van der Waals surface area contributed by atoms with E-state index in [2.05, 4.69) is 60.7 Å². The molecule has 5 aromatic rings. The zero-order valence-electron chi connectivity index (χ0n) is 16.1. The Morgan fingerprint density at radius 1 is 0.586 bits per heavy atom. The highest BCUT2D eigenvalue weighted by molar-refractivity contribution is 5.96. The second-order valence-electron chi connectivity index (χ2n) is 7.47. The van der Waals surface area contributed by atoms with Crippen LogP contribution in [0.4, 0.5) is 0 Å². The summed E-state index contributed by atoms with van der Waals surface area (Å²) < 4.78 is 1.93. The first-order valence-corrected chi connectivity index (χ1v) is 9.91. The summed E-state index contributed by atoms with van der Waals surface area (Å²) in [5, 5.41) is 3.44. The number of hydrogen-bond donors (Lipinski definition) is 0.